The first kappa shape index (κ1) is 30.3. The third-order valence-electron chi connectivity index (χ3n) is 17.3. The third-order valence-corrected chi connectivity index (χ3v) is 17.3. The molecule has 0 amide bonds. The van der Waals surface area contributed by atoms with Gasteiger partial charge < -0.3 is 9.84 Å². The zero-order valence-electron chi connectivity index (χ0n) is 28.2. The van der Waals surface area contributed by atoms with Gasteiger partial charge in [0, 0.05) is 25.0 Å². The molecule has 0 spiro atoms. The number of carbonyl (C=O) groups is 1. The van der Waals surface area contributed by atoms with Crippen molar-refractivity contribution < 1.29 is 14.6 Å². The van der Waals surface area contributed by atoms with Crippen molar-refractivity contribution in [3.05, 3.63) is 0 Å². The van der Waals surface area contributed by atoms with Gasteiger partial charge in [0.2, 0.25) is 0 Å². The van der Waals surface area contributed by atoms with Gasteiger partial charge in [0.25, 0.3) is 0 Å². The molecule has 0 aromatic carbocycles. The second-order valence-electron chi connectivity index (χ2n) is 18.9. The van der Waals surface area contributed by atoms with Crippen LogP contribution in [0.15, 0.2) is 0 Å². The van der Waals surface area contributed by atoms with Crippen molar-refractivity contribution in [3.8, 4) is 0 Å². The van der Waals surface area contributed by atoms with E-state index in [-0.39, 0.29) is 16.9 Å². The number of carbonyl (C=O) groups excluding carboxylic acids is 1. The highest BCUT2D eigenvalue weighted by Crippen LogP contribution is 2.79. The normalized spacial score (nSPS) is 52.7. The second kappa shape index (κ2) is 10.0. The maximum atomic E-state index is 14.7. The molecule has 1 heterocycles. The molecule has 3 nitrogen and oxygen atoms in total. The molecule has 0 aromatic heterocycles. The van der Waals surface area contributed by atoms with E-state index in [1.54, 1.807) is 0 Å². The molecule has 3 heteroatoms. The summed E-state index contributed by atoms with van der Waals surface area (Å²) in [6.45, 7) is 17.3. The van der Waals surface area contributed by atoms with Crippen molar-refractivity contribution in [2.24, 2.45) is 68.0 Å². The smallest absolute Gasteiger partial charge is 0.139 e. The number of rotatable bonds is 5. The Kier molecular flexibility index (Phi) is 7.23. The van der Waals surface area contributed by atoms with Crippen LogP contribution in [0.3, 0.4) is 0 Å². The maximum absolute atomic E-state index is 14.7. The monoisotopic (exact) mass is 580 g/mol. The topological polar surface area (TPSA) is 46.5 Å². The lowest BCUT2D eigenvalue weighted by atomic mass is 9.32. The van der Waals surface area contributed by atoms with E-state index >= 15 is 0 Å². The van der Waals surface area contributed by atoms with Gasteiger partial charge in [0.15, 0.2) is 0 Å². The van der Waals surface area contributed by atoms with E-state index in [0.717, 1.165) is 57.2 Å². The van der Waals surface area contributed by atoms with E-state index in [1.165, 1.54) is 77.0 Å². The number of ketones is 1. The summed E-state index contributed by atoms with van der Waals surface area (Å²) in [6.07, 6.45) is 20.5. The molecule has 0 radical (unpaired) electrons. The SMILES string of the molecule is CC1(C2CCC3(C(=O)CCC4CCCOCC4)CCC4(C)C(CCC5C6(C)CCC(O)C(C)(C)C6CCC54C)C23)CC1. The predicted octanol–water partition coefficient (Wildman–Crippen LogP) is 9.39. The molecule has 42 heavy (non-hydrogen) atoms. The first-order valence-electron chi connectivity index (χ1n) is 18.6. The van der Waals surface area contributed by atoms with Gasteiger partial charge in [-0.15, -0.1) is 0 Å². The lowest BCUT2D eigenvalue weighted by molar-refractivity contribution is -0.248. The zero-order chi connectivity index (χ0) is 29.8. The largest absolute Gasteiger partial charge is 0.393 e. The summed E-state index contributed by atoms with van der Waals surface area (Å²) in [5.41, 5.74) is 1.46. The third kappa shape index (κ3) is 4.12. The Morgan fingerprint density at radius 2 is 1.50 bits per heavy atom. The predicted molar refractivity (Wildman–Crippen MR) is 170 cm³/mol. The van der Waals surface area contributed by atoms with E-state index in [1.807, 2.05) is 0 Å². The van der Waals surface area contributed by atoms with Crippen LogP contribution in [0.1, 0.15) is 151 Å². The summed E-state index contributed by atoms with van der Waals surface area (Å²) in [6, 6.07) is 0. The molecule has 1 N–H and O–H groups in total. The molecule has 0 bridgehead atoms. The van der Waals surface area contributed by atoms with Gasteiger partial charge in [-0.05, 0) is 165 Å². The molecule has 7 fully saturated rings. The molecule has 11 unspecified atom stereocenters. The van der Waals surface area contributed by atoms with Crippen molar-refractivity contribution in [1.82, 2.24) is 0 Å². The van der Waals surface area contributed by atoms with Crippen molar-refractivity contribution in [3.63, 3.8) is 0 Å². The van der Waals surface area contributed by atoms with E-state index in [2.05, 4.69) is 41.5 Å². The number of hydrogen-bond acceptors (Lipinski definition) is 3. The van der Waals surface area contributed by atoms with Crippen molar-refractivity contribution in [2.45, 2.75) is 157 Å². The van der Waals surface area contributed by atoms with Crippen molar-refractivity contribution in [2.75, 3.05) is 13.2 Å². The number of fused-ring (bicyclic) bond motifs is 7. The Morgan fingerprint density at radius 1 is 0.714 bits per heavy atom. The Hall–Kier alpha value is -0.410. The summed E-state index contributed by atoms with van der Waals surface area (Å²) in [5.74, 6) is 4.80. The van der Waals surface area contributed by atoms with Gasteiger partial charge in [-0.2, -0.15) is 0 Å². The van der Waals surface area contributed by atoms with Gasteiger partial charge in [-0.25, -0.2) is 0 Å². The molecule has 11 atom stereocenters. The van der Waals surface area contributed by atoms with Gasteiger partial charge in [0.1, 0.15) is 5.78 Å². The van der Waals surface area contributed by atoms with Crippen LogP contribution < -0.4 is 0 Å². The quantitative estimate of drug-likeness (QED) is 0.352. The van der Waals surface area contributed by atoms with Crippen molar-refractivity contribution >= 4 is 5.78 Å². The Balaban J connectivity index is 1.20. The van der Waals surface area contributed by atoms with E-state index < -0.39 is 0 Å². The fourth-order valence-electron chi connectivity index (χ4n) is 14.3. The van der Waals surface area contributed by atoms with Crippen LogP contribution in [-0.2, 0) is 9.53 Å². The molecular formula is C39H64O3. The summed E-state index contributed by atoms with van der Waals surface area (Å²) in [5, 5.41) is 11.1. The van der Waals surface area contributed by atoms with Crippen LogP contribution in [0, 0.1) is 68.0 Å². The molecule has 7 rings (SSSR count). The van der Waals surface area contributed by atoms with Gasteiger partial charge in [-0.1, -0.05) is 41.5 Å². The van der Waals surface area contributed by atoms with Crippen LogP contribution in [0.5, 0.6) is 0 Å². The Morgan fingerprint density at radius 3 is 2.26 bits per heavy atom. The van der Waals surface area contributed by atoms with Crippen LogP contribution in [0.4, 0.5) is 0 Å². The summed E-state index contributed by atoms with van der Waals surface area (Å²) in [4.78, 5) is 14.7. The van der Waals surface area contributed by atoms with Gasteiger partial charge in [-0.3, -0.25) is 4.79 Å². The molecule has 0 aromatic rings. The molecule has 6 saturated carbocycles. The van der Waals surface area contributed by atoms with Gasteiger partial charge in [0.05, 0.1) is 6.10 Å². The first-order chi connectivity index (χ1) is 19.8. The fourth-order valence-corrected chi connectivity index (χ4v) is 14.3. The average molecular weight is 581 g/mol. The van der Waals surface area contributed by atoms with Crippen LogP contribution in [0.2, 0.25) is 0 Å². The number of aliphatic hydroxyl groups is 1. The molecule has 238 valence electrons. The maximum Gasteiger partial charge on any atom is 0.139 e. The Labute approximate surface area is 258 Å². The van der Waals surface area contributed by atoms with Crippen LogP contribution in [0.25, 0.3) is 0 Å². The van der Waals surface area contributed by atoms with E-state index in [9.17, 15) is 9.90 Å². The summed E-state index contributed by atoms with van der Waals surface area (Å²) >= 11 is 0. The Bertz CT molecular complexity index is 1050. The first-order valence-corrected chi connectivity index (χ1v) is 18.6. The molecule has 1 saturated heterocycles. The minimum atomic E-state index is -0.155. The van der Waals surface area contributed by atoms with Crippen molar-refractivity contribution in [1.29, 1.82) is 0 Å². The number of hydrogen-bond donors (Lipinski definition) is 1. The number of ether oxygens (including phenoxy) is 1. The van der Waals surface area contributed by atoms with Crippen LogP contribution in [-0.4, -0.2) is 30.2 Å². The number of aliphatic hydroxyl groups excluding tert-OH is 1. The molecule has 1 aliphatic heterocycles. The average Bonchev–Trinajstić information content (AvgIpc) is 3.64. The highest BCUT2D eigenvalue weighted by Gasteiger charge is 2.73. The molecule has 6 aliphatic carbocycles. The molecule has 7 aliphatic rings. The van der Waals surface area contributed by atoms with Crippen LogP contribution >= 0.6 is 0 Å². The minimum Gasteiger partial charge on any atom is -0.393 e. The highest BCUT2D eigenvalue weighted by atomic mass is 16.5. The fraction of sp³-hybridized carbons (Fsp3) is 0.974. The summed E-state index contributed by atoms with van der Waals surface area (Å²) in [7, 11) is 0. The minimum absolute atomic E-state index is 0.0147. The second-order valence-corrected chi connectivity index (χ2v) is 18.9. The standard InChI is InChI=1S/C39H64O3/c1-34(2)29-14-18-38(6)30(36(29,4)17-15-31(34)40)11-10-28-33-27(35(3)20-21-35)13-19-39(33,23-22-37(28,38)5)32(41)12-9-26-8-7-24-42-25-16-26/h26-31,33,40H,7-25H2,1-6H3. The highest BCUT2D eigenvalue weighted by molar-refractivity contribution is 5.86. The lowest BCUT2D eigenvalue weighted by Crippen LogP contribution is -2.67. The number of Topliss-reactive ketones (excluding diaryl/α,β-unsaturated/α-hetero) is 1. The molecular weight excluding hydrogens is 516 g/mol. The lowest BCUT2D eigenvalue weighted by Gasteiger charge is -2.73. The summed E-state index contributed by atoms with van der Waals surface area (Å²) < 4.78 is 5.76. The van der Waals surface area contributed by atoms with E-state index in [0.29, 0.717) is 51.1 Å². The zero-order valence-corrected chi connectivity index (χ0v) is 28.2. The van der Waals surface area contributed by atoms with E-state index in [4.69, 9.17) is 4.74 Å². The van der Waals surface area contributed by atoms with Gasteiger partial charge >= 0.3 is 0 Å².